The Balaban J connectivity index is 2.44. The number of methoxy groups -OCH3 is 1. The number of nitrogens with zero attached hydrogens (tertiary/aromatic N) is 1. The van der Waals surface area contributed by atoms with E-state index in [4.69, 9.17) is 14.5 Å². The molecule has 0 heterocycles. The Kier molecular flexibility index (Phi) is 7.09. The van der Waals surface area contributed by atoms with Crippen LogP contribution >= 0.6 is 0 Å². The van der Waals surface area contributed by atoms with Crippen LogP contribution in [0.3, 0.4) is 0 Å². The molecule has 1 unspecified atom stereocenters. The van der Waals surface area contributed by atoms with Gasteiger partial charge in [-0.3, -0.25) is 4.03 Å². The van der Waals surface area contributed by atoms with Crippen molar-refractivity contribution in [1.29, 1.82) is 0 Å². The predicted molar refractivity (Wildman–Crippen MR) is 120 cm³/mol. The smallest absolute Gasteiger partial charge is 0.195 e. The van der Waals surface area contributed by atoms with E-state index in [1.54, 1.807) is 7.11 Å². The molecule has 2 aromatic rings. The fourth-order valence-corrected chi connectivity index (χ4v) is 7.74. The zero-order valence-electron chi connectivity index (χ0n) is 17.8. The Labute approximate surface area is 171 Å². The zero-order chi connectivity index (χ0) is 21.0. The summed E-state index contributed by atoms with van der Waals surface area (Å²) in [5.41, 5.74) is 7.75. The van der Waals surface area contributed by atoms with Crippen LogP contribution in [0, 0.1) is 0 Å². The molecule has 1 atom stereocenters. The van der Waals surface area contributed by atoms with Crippen molar-refractivity contribution in [3.63, 3.8) is 0 Å². The number of nitrogens with one attached hydrogen (secondary N) is 1. The molecule has 0 spiro atoms. The lowest BCUT2D eigenvalue weighted by atomic mass is 10.2. The van der Waals surface area contributed by atoms with E-state index in [9.17, 15) is 4.21 Å². The van der Waals surface area contributed by atoms with Crippen LogP contribution in [-0.4, -0.2) is 19.6 Å². The van der Waals surface area contributed by atoms with Crippen molar-refractivity contribution in [2.45, 2.75) is 56.9 Å². The molecule has 0 amide bonds. The molecule has 154 valence electrons. The molecule has 0 saturated heterocycles. The Morgan fingerprint density at radius 3 is 2.04 bits per heavy atom. The molecule has 0 bridgehead atoms. The van der Waals surface area contributed by atoms with E-state index in [-0.39, 0.29) is 5.04 Å². The largest absolute Gasteiger partial charge is 0.497 e. The first-order valence-corrected chi connectivity index (χ1v) is 13.9. The highest BCUT2D eigenvalue weighted by Crippen LogP contribution is 2.38. The molecule has 5 nitrogen and oxygen atoms in total. The normalized spacial score (nSPS) is 14.4. The first-order valence-electron chi connectivity index (χ1n) is 9.46. The van der Waals surface area contributed by atoms with Crippen LogP contribution in [0.2, 0.25) is 18.1 Å². The summed E-state index contributed by atoms with van der Waals surface area (Å²) in [6.45, 7) is 11.8. The minimum Gasteiger partial charge on any atom is -0.497 e. The van der Waals surface area contributed by atoms with Crippen molar-refractivity contribution < 1.29 is 8.95 Å². The van der Waals surface area contributed by atoms with Crippen molar-refractivity contribution in [2.24, 2.45) is 9.76 Å². The molecule has 28 heavy (non-hydrogen) atoms. The van der Waals surface area contributed by atoms with Crippen LogP contribution < -0.4 is 15.2 Å². The summed E-state index contributed by atoms with van der Waals surface area (Å²) in [5, 5.41) is -0.00531. The number of hydrogen-bond acceptors (Lipinski definition) is 4. The highest BCUT2D eigenvalue weighted by molar-refractivity contribution is 7.92. The fraction of sp³-hybridized carbons (Fsp3) is 0.429. The number of benzene rings is 2. The van der Waals surface area contributed by atoms with Crippen LogP contribution in [-0.2, 0) is 23.0 Å². The summed E-state index contributed by atoms with van der Waals surface area (Å²) in [4.78, 5) is 0.697. The summed E-state index contributed by atoms with van der Waals surface area (Å²) >= 11 is 0. The third kappa shape index (κ3) is 5.44. The zero-order valence-corrected chi connectivity index (χ0v) is 19.6. The van der Waals surface area contributed by atoms with E-state index in [2.05, 4.69) is 38.6 Å². The molecular formula is C21H33N3O2SSi. The Morgan fingerprint density at radius 1 is 1.04 bits per heavy atom. The predicted octanol–water partition coefficient (Wildman–Crippen LogP) is 4.69. The molecule has 3 N–H and O–H groups in total. The van der Waals surface area contributed by atoms with Gasteiger partial charge in [0.15, 0.2) is 8.24 Å². The Hall–Kier alpha value is -1.67. The molecule has 0 aliphatic rings. The number of nitrogens with two attached hydrogens (primary N) is 1. The third-order valence-corrected chi connectivity index (χ3v) is 13.3. The minimum atomic E-state index is -2.78. The standard InChI is InChI=1S/C21H33N3O2SSi/c1-21(2,3)28(5,6)24-27(25,20-13-9-17(15-22)10-14-20)23-16-18-7-11-19(26-4)12-8-18/h7-14H,15-16,22H2,1-6H3,(H,23,24,25). The van der Waals surface area contributed by atoms with Crippen molar-refractivity contribution >= 4 is 18.2 Å². The molecule has 0 aromatic heterocycles. The third-order valence-electron chi connectivity index (χ3n) is 5.30. The maximum absolute atomic E-state index is 14.0. The molecule has 0 saturated carbocycles. The first kappa shape index (κ1) is 22.6. The maximum Gasteiger partial charge on any atom is 0.195 e. The van der Waals surface area contributed by atoms with Gasteiger partial charge in [0.05, 0.1) is 12.0 Å². The molecular weight excluding hydrogens is 386 g/mol. The molecule has 0 aliphatic heterocycles. The van der Waals surface area contributed by atoms with Crippen LogP contribution in [0.1, 0.15) is 31.9 Å². The fourth-order valence-electron chi connectivity index (χ4n) is 2.36. The lowest BCUT2D eigenvalue weighted by molar-refractivity contribution is 0.414. The van der Waals surface area contributed by atoms with Crippen LogP contribution in [0.5, 0.6) is 5.75 Å². The summed E-state index contributed by atoms with van der Waals surface area (Å²) in [6, 6.07) is 15.3. The molecule has 7 heteroatoms. The van der Waals surface area contributed by atoms with Gasteiger partial charge in [-0.2, -0.15) is 0 Å². The minimum absolute atomic E-state index is 0.00531. The summed E-state index contributed by atoms with van der Waals surface area (Å²) in [7, 11) is -3.30. The molecule has 2 rings (SSSR count). The van der Waals surface area contributed by atoms with Gasteiger partial charge in [-0.15, -0.1) is 0 Å². The molecule has 2 aromatic carbocycles. The quantitative estimate of drug-likeness (QED) is 0.639. The van der Waals surface area contributed by atoms with E-state index in [0.717, 1.165) is 16.9 Å². The lowest BCUT2D eigenvalue weighted by Crippen LogP contribution is -2.38. The van der Waals surface area contributed by atoms with Crippen molar-refractivity contribution in [1.82, 2.24) is 4.72 Å². The second kappa shape index (κ2) is 8.78. The van der Waals surface area contributed by atoms with Gasteiger partial charge in [0, 0.05) is 13.1 Å². The first-order chi connectivity index (χ1) is 13.0. The Morgan fingerprint density at radius 2 is 1.57 bits per heavy atom. The lowest BCUT2D eigenvalue weighted by Gasteiger charge is -2.33. The average molecular weight is 420 g/mol. The van der Waals surface area contributed by atoms with Crippen molar-refractivity contribution in [3.8, 4) is 5.75 Å². The average Bonchev–Trinajstić information content (AvgIpc) is 2.65. The monoisotopic (exact) mass is 419 g/mol. The van der Waals surface area contributed by atoms with Gasteiger partial charge >= 0.3 is 0 Å². The van der Waals surface area contributed by atoms with E-state index in [1.165, 1.54) is 0 Å². The SMILES string of the molecule is COc1ccc(CNS(=O)(=N[Si](C)(C)C(C)(C)C)c2ccc(CN)cc2)cc1. The maximum atomic E-state index is 14.0. The van der Waals surface area contributed by atoms with Gasteiger partial charge < -0.3 is 10.5 Å². The summed E-state index contributed by atoms with van der Waals surface area (Å²) in [5.74, 6) is 0.799. The van der Waals surface area contributed by atoms with Gasteiger partial charge in [-0.05, 0) is 53.5 Å². The van der Waals surface area contributed by atoms with Crippen LogP contribution in [0.25, 0.3) is 0 Å². The van der Waals surface area contributed by atoms with E-state index < -0.39 is 18.2 Å². The molecule has 0 radical (unpaired) electrons. The van der Waals surface area contributed by atoms with Crippen molar-refractivity contribution in [2.75, 3.05) is 7.11 Å². The highest BCUT2D eigenvalue weighted by Gasteiger charge is 2.37. The topological polar surface area (TPSA) is 76.7 Å². The second-order valence-electron chi connectivity index (χ2n) is 8.44. The number of rotatable bonds is 7. The Bertz CT molecular complexity index is 895. The number of hydrogen-bond donors (Lipinski definition) is 2. The van der Waals surface area contributed by atoms with Gasteiger partial charge in [0.1, 0.15) is 15.7 Å². The van der Waals surface area contributed by atoms with Gasteiger partial charge in [0.25, 0.3) is 0 Å². The van der Waals surface area contributed by atoms with Gasteiger partial charge in [0.2, 0.25) is 0 Å². The van der Waals surface area contributed by atoms with E-state index in [1.807, 2.05) is 48.5 Å². The number of ether oxygens (including phenoxy) is 1. The second-order valence-corrected chi connectivity index (χ2v) is 15.6. The van der Waals surface area contributed by atoms with Gasteiger partial charge in [-0.1, -0.05) is 45.0 Å². The van der Waals surface area contributed by atoms with E-state index >= 15 is 0 Å². The summed E-state index contributed by atoms with van der Waals surface area (Å²) in [6.07, 6.45) is 0. The molecule has 0 fully saturated rings. The summed E-state index contributed by atoms with van der Waals surface area (Å²) < 4.78 is 27.5. The highest BCUT2D eigenvalue weighted by atomic mass is 32.2. The van der Waals surface area contributed by atoms with Crippen LogP contribution in [0.4, 0.5) is 0 Å². The van der Waals surface area contributed by atoms with Crippen LogP contribution in [0.15, 0.2) is 57.5 Å². The van der Waals surface area contributed by atoms with E-state index in [0.29, 0.717) is 18.0 Å². The van der Waals surface area contributed by atoms with Crippen molar-refractivity contribution in [3.05, 3.63) is 59.7 Å². The van der Waals surface area contributed by atoms with Gasteiger partial charge in [-0.25, -0.2) is 8.93 Å². The molecule has 0 aliphatic carbocycles.